The number of aliphatic hydroxyl groups excluding tert-OH is 2. The summed E-state index contributed by atoms with van der Waals surface area (Å²) >= 11 is 0. The van der Waals surface area contributed by atoms with Crippen LogP contribution in [0.3, 0.4) is 0 Å². The van der Waals surface area contributed by atoms with Gasteiger partial charge >= 0.3 is 6.03 Å². The summed E-state index contributed by atoms with van der Waals surface area (Å²) in [5.41, 5.74) is 0.878. The molecule has 0 radical (unpaired) electrons. The minimum Gasteiger partial charge on any atom is -0.388 e. The fourth-order valence-electron chi connectivity index (χ4n) is 3.01. The average molecular weight is 403 g/mol. The third-order valence-electron chi connectivity index (χ3n) is 4.45. The van der Waals surface area contributed by atoms with Crippen molar-refractivity contribution in [2.75, 3.05) is 17.2 Å². The van der Waals surface area contributed by atoms with E-state index in [1.165, 1.54) is 18.2 Å². The maximum atomic E-state index is 13.1. The van der Waals surface area contributed by atoms with Gasteiger partial charge in [-0.15, -0.1) is 0 Å². The van der Waals surface area contributed by atoms with Gasteiger partial charge in [0.2, 0.25) is 5.91 Å². The molecule has 1 aliphatic rings. The van der Waals surface area contributed by atoms with Crippen molar-refractivity contribution in [1.82, 2.24) is 5.32 Å². The van der Waals surface area contributed by atoms with E-state index >= 15 is 0 Å². The number of hydrogen-bond donors (Lipinski definition) is 5. The lowest BCUT2D eigenvalue weighted by molar-refractivity contribution is -0.120. The monoisotopic (exact) mass is 403 g/mol. The number of rotatable bonds is 6. The number of carbonyl (C=O) groups is 2. The van der Waals surface area contributed by atoms with Gasteiger partial charge in [0.25, 0.3) is 0 Å². The third-order valence-corrected chi connectivity index (χ3v) is 4.45. The predicted octanol–water partition coefficient (Wildman–Crippen LogP) is 1.47. The number of nitrogens with one attached hydrogen (secondary N) is 3. The smallest absolute Gasteiger partial charge is 0.319 e. The summed E-state index contributed by atoms with van der Waals surface area (Å²) < 4.78 is 18.7. The van der Waals surface area contributed by atoms with Gasteiger partial charge in [-0.05, 0) is 30.3 Å². The van der Waals surface area contributed by atoms with Gasteiger partial charge in [-0.2, -0.15) is 0 Å². The number of amides is 3. The lowest BCUT2D eigenvalue weighted by Crippen LogP contribution is -2.41. The first-order valence-corrected chi connectivity index (χ1v) is 9.09. The Labute approximate surface area is 166 Å². The number of ether oxygens (including phenoxy) is 1. The molecule has 1 aliphatic heterocycles. The Morgan fingerprint density at radius 3 is 2.34 bits per heavy atom. The van der Waals surface area contributed by atoms with E-state index in [1.807, 2.05) is 6.07 Å². The van der Waals surface area contributed by atoms with Crippen LogP contribution in [0.15, 0.2) is 54.6 Å². The highest BCUT2D eigenvalue weighted by Gasteiger charge is 2.43. The first-order chi connectivity index (χ1) is 13.9. The number of para-hydroxylation sites is 1. The second-order valence-electron chi connectivity index (χ2n) is 6.66. The molecule has 1 fully saturated rings. The summed E-state index contributed by atoms with van der Waals surface area (Å²) in [6.45, 7) is -0.101. The summed E-state index contributed by atoms with van der Waals surface area (Å²) in [5, 5.41) is 27.9. The Hall–Kier alpha value is -3.01. The lowest BCUT2D eigenvalue weighted by atomic mass is 10.1. The molecule has 3 rings (SSSR count). The van der Waals surface area contributed by atoms with E-state index in [0.29, 0.717) is 5.69 Å². The molecule has 1 heterocycles. The molecule has 29 heavy (non-hydrogen) atoms. The van der Waals surface area contributed by atoms with Crippen molar-refractivity contribution < 1.29 is 28.9 Å². The molecule has 4 atom stereocenters. The van der Waals surface area contributed by atoms with Gasteiger partial charge < -0.3 is 30.9 Å². The van der Waals surface area contributed by atoms with Crippen LogP contribution in [0.2, 0.25) is 0 Å². The molecular formula is C20H22FN3O5. The van der Waals surface area contributed by atoms with Gasteiger partial charge in [0.1, 0.15) is 24.1 Å². The standard InChI is InChI=1S/C20H22FN3O5/c21-12-5-4-8-14(9-12)24-20(28)22-11-16-19(27)18(26)15(29-16)10-17(25)23-13-6-2-1-3-7-13/h1-9,15-16,18-19,26-27H,10-11H2,(H,23,25)(H2,22,24,28)/t15-,16+,18-,19+/m0/s1. The highest BCUT2D eigenvalue weighted by molar-refractivity contribution is 5.91. The quantitative estimate of drug-likeness (QED) is 0.500. The molecule has 5 N–H and O–H groups in total. The van der Waals surface area contributed by atoms with E-state index in [4.69, 9.17) is 4.74 Å². The van der Waals surface area contributed by atoms with Crippen molar-refractivity contribution in [2.24, 2.45) is 0 Å². The molecule has 0 aromatic heterocycles. The molecule has 2 aromatic rings. The molecule has 0 saturated carbocycles. The summed E-state index contributed by atoms with van der Waals surface area (Å²) in [7, 11) is 0. The molecule has 1 saturated heterocycles. The first-order valence-electron chi connectivity index (χ1n) is 9.09. The molecule has 8 nitrogen and oxygen atoms in total. The van der Waals surface area contributed by atoms with E-state index in [1.54, 1.807) is 24.3 Å². The van der Waals surface area contributed by atoms with Crippen molar-refractivity contribution in [1.29, 1.82) is 0 Å². The van der Waals surface area contributed by atoms with Gasteiger partial charge in [-0.3, -0.25) is 4.79 Å². The van der Waals surface area contributed by atoms with Crippen LogP contribution in [0.25, 0.3) is 0 Å². The molecular weight excluding hydrogens is 381 g/mol. The number of hydrogen-bond acceptors (Lipinski definition) is 5. The molecule has 0 bridgehead atoms. The zero-order chi connectivity index (χ0) is 20.8. The van der Waals surface area contributed by atoms with Crippen LogP contribution in [0, 0.1) is 5.82 Å². The van der Waals surface area contributed by atoms with E-state index in [9.17, 15) is 24.2 Å². The largest absolute Gasteiger partial charge is 0.388 e. The average Bonchev–Trinajstić information content (AvgIpc) is 2.95. The fraction of sp³-hybridized carbons (Fsp3) is 0.300. The van der Waals surface area contributed by atoms with Crippen LogP contribution in [-0.4, -0.2) is 53.1 Å². The topological polar surface area (TPSA) is 120 Å². The lowest BCUT2D eigenvalue weighted by Gasteiger charge is -2.16. The van der Waals surface area contributed by atoms with Gasteiger partial charge in [-0.25, -0.2) is 9.18 Å². The highest BCUT2D eigenvalue weighted by Crippen LogP contribution is 2.24. The summed E-state index contributed by atoms with van der Waals surface area (Å²) in [4.78, 5) is 24.1. The van der Waals surface area contributed by atoms with Crippen molar-refractivity contribution in [3.63, 3.8) is 0 Å². The Balaban J connectivity index is 1.47. The Bertz CT molecular complexity index is 851. The van der Waals surface area contributed by atoms with E-state index in [0.717, 1.165) is 6.07 Å². The summed E-state index contributed by atoms with van der Waals surface area (Å²) in [5.74, 6) is -0.859. The molecule has 0 spiro atoms. The van der Waals surface area contributed by atoms with Crippen molar-refractivity contribution >= 4 is 23.3 Å². The number of urea groups is 1. The van der Waals surface area contributed by atoms with Crippen molar-refractivity contribution in [3.05, 3.63) is 60.4 Å². The normalized spacial score (nSPS) is 23.4. The minimum absolute atomic E-state index is 0.101. The maximum Gasteiger partial charge on any atom is 0.319 e. The van der Waals surface area contributed by atoms with E-state index in [-0.39, 0.29) is 24.6 Å². The molecule has 154 valence electrons. The van der Waals surface area contributed by atoms with Crippen LogP contribution in [0.1, 0.15) is 6.42 Å². The van der Waals surface area contributed by atoms with E-state index < -0.39 is 36.3 Å². The molecule has 3 amide bonds. The van der Waals surface area contributed by atoms with Crippen molar-refractivity contribution in [3.8, 4) is 0 Å². The van der Waals surface area contributed by atoms with Crippen LogP contribution in [-0.2, 0) is 9.53 Å². The second-order valence-corrected chi connectivity index (χ2v) is 6.66. The molecule has 2 aromatic carbocycles. The third kappa shape index (κ3) is 5.74. The van der Waals surface area contributed by atoms with E-state index in [2.05, 4.69) is 16.0 Å². The Morgan fingerprint density at radius 2 is 1.62 bits per heavy atom. The zero-order valence-corrected chi connectivity index (χ0v) is 15.4. The number of aliphatic hydroxyl groups is 2. The summed E-state index contributed by atoms with van der Waals surface area (Å²) in [6, 6.07) is 13.6. The van der Waals surface area contributed by atoms with Crippen LogP contribution >= 0.6 is 0 Å². The van der Waals surface area contributed by atoms with Gasteiger partial charge in [0.15, 0.2) is 0 Å². The Kier molecular flexibility index (Phi) is 6.76. The fourth-order valence-corrected chi connectivity index (χ4v) is 3.01. The van der Waals surface area contributed by atoms with Crippen LogP contribution < -0.4 is 16.0 Å². The number of benzene rings is 2. The van der Waals surface area contributed by atoms with Crippen molar-refractivity contribution in [2.45, 2.75) is 30.8 Å². The molecule has 9 heteroatoms. The predicted molar refractivity (Wildman–Crippen MR) is 104 cm³/mol. The molecule has 0 aliphatic carbocycles. The number of halogens is 1. The van der Waals surface area contributed by atoms with Gasteiger partial charge in [0, 0.05) is 17.9 Å². The van der Waals surface area contributed by atoms with Crippen LogP contribution in [0.4, 0.5) is 20.6 Å². The zero-order valence-electron chi connectivity index (χ0n) is 15.4. The van der Waals surface area contributed by atoms with Crippen LogP contribution in [0.5, 0.6) is 0 Å². The SMILES string of the molecule is O=C(C[C@@H]1O[C@H](CNC(=O)Nc2cccc(F)c2)[C@@H](O)[C@H]1O)Nc1ccccc1. The highest BCUT2D eigenvalue weighted by atomic mass is 19.1. The molecule has 0 unspecified atom stereocenters. The maximum absolute atomic E-state index is 13.1. The number of carbonyl (C=O) groups excluding carboxylic acids is 2. The van der Waals surface area contributed by atoms with Gasteiger partial charge in [-0.1, -0.05) is 24.3 Å². The number of anilines is 2. The summed E-state index contributed by atoms with van der Waals surface area (Å²) in [6.07, 6.45) is -4.49. The minimum atomic E-state index is -1.27. The Morgan fingerprint density at radius 1 is 0.931 bits per heavy atom. The van der Waals surface area contributed by atoms with Gasteiger partial charge in [0.05, 0.1) is 12.5 Å². The first kappa shape index (κ1) is 20.7. The second kappa shape index (κ2) is 9.46.